The highest BCUT2D eigenvalue weighted by atomic mass is 16.6. The number of fused-ring (bicyclic) bond motifs is 1. The smallest absolute Gasteiger partial charge is 0.361 e. The maximum atomic E-state index is 11.0. The number of aromatic nitrogens is 2. The first-order valence-electron chi connectivity index (χ1n) is 5.74. The van der Waals surface area contributed by atoms with Crippen LogP contribution in [0.1, 0.15) is 23.2 Å². The van der Waals surface area contributed by atoms with Gasteiger partial charge in [0, 0.05) is 17.5 Å². The van der Waals surface area contributed by atoms with E-state index in [0.717, 1.165) is 24.1 Å². The maximum absolute atomic E-state index is 11.0. The number of aromatic amines is 1. The van der Waals surface area contributed by atoms with Crippen molar-refractivity contribution in [2.24, 2.45) is 0 Å². The second kappa shape index (κ2) is 4.10. The van der Waals surface area contributed by atoms with Crippen molar-refractivity contribution in [1.82, 2.24) is 9.97 Å². The number of allylic oxidation sites excluding steroid dienone is 1. The van der Waals surface area contributed by atoms with Crippen LogP contribution in [-0.2, 0) is 6.42 Å². The number of nitrogens with zero attached hydrogens (tertiary/aromatic N) is 2. The van der Waals surface area contributed by atoms with Crippen molar-refractivity contribution in [3.8, 4) is 0 Å². The van der Waals surface area contributed by atoms with Crippen LogP contribution in [0.3, 0.4) is 0 Å². The third kappa shape index (κ3) is 1.60. The molecule has 18 heavy (non-hydrogen) atoms. The lowest BCUT2D eigenvalue weighted by molar-refractivity contribution is -0.389. The van der Waals surface area contributed by atoms with Gasteiger partial charge in [-0.3, -0.25) is 0 Å². The van der Waals surface area contributed by atoms with Gasteiger partial charge in [0.25, 0.3) is 0 Å². The third-order valence-corrected chi connectivity index (χ3v) is 3.11. The maximum Gasteiger partial charge on any atom is 0.371 e. The number of rotatable bonds is 2. The summed E-state index contributed by atoms with van der Waals surface area (Å²) in [4.78, 5) is 17.6. The largest absolute Gasteiger partial charge is 0.371 e. The van der Waals surface area contributed by atoms with E-state index in [4.69, 9.17) is 0 Å². The van der Waals surface area contributed by atoms with E-state index in [1.165, 1.54) is 11.8 Å². The second-order valence-corrected chi connectivity index (χ2v) is 4.17. The minimum absolute atomic E-state index is 0.0915. The Kier molecular flexibility index (Phi) is 2.44. The lowest BCUT2D eigenvalue weighted by Crippen LogP contribution is -2.03. The minimum atomic E-state index is -0.437. The monoisotopic (exact) mass is 241 g/mol. The highest BCUT2D eigenvalue weighted by Gasteiger charge is 2.22. The molecular formula is C13H11N3O2. The molecule has 0 amide bonds. The Hall–Kier alpha value is -2.43. The highest BCUT2D eigenvalue weighted by molar-refractivity contribution is 5.83. The summed E-state index contributed by atoms with van der Waals surface area (Å²) in [6, 6.07) is 5.48. The van der Waals surface area contributed by atoms with Crippen molar-refractivity contribution in [1.29, 1.82) is 0 Å². The quantitative estimate of drug-likeness (QED) is 0.649. The molecule has 1 N–H and O–H groups in total. The van der Waals surface area contributed by atoms with Crippen LogP contribution in [0, 0.1) is 10.1 Å². The van der Waals surface area contributed by atoms with Gasteiger partial charge in [0.15, 0.2) is 0 Å². The standard InChI is InChI=1S/C13H11N3O2/c17-16(18)13-11(5-2-7-15-13)10-4-1-3-9-6-8-14-12(9)10/h2,4-8,14H,1,3H2. The summed E-state index contributed by atoms with van der Waals surface area (Å²) in [6.07, 6.45) is 7.21. The van der Waals surface area contributed by atoms with E-state index in [1.54, 1.807) is 12.1 Å². The van der Waals surface area contributed by atoms with Gasteiger partial charge in [0.2, 0.25) is 0 Å². The summed E-state index contributed by atoms with van der Waals surface area (Å²) in [5.41, 5.74) is 3.62. The van der Waals surface area contributed by atoms with Crippen molar-refractivity contribution >= 4 is 11.4 Å². The fourth-order valence-electron chi connectivity index (χ4n) is 2.33. The van der Waals surface area contributed by atoms with Gasteiger partial charge in [-0.05, 0) is 46.5 Å². The van der Waals surface area contributed by atoms with Gasteiger partial charge in [-0.1, -0.05) is 6.08 Å². The number of aryl methyl sites for hydroxylation is 1. The Labute approximate surface area is 103 Å². The summed E-state index contributed by atoms with van der Waals surface area (Å²) < 4.78 is 0. The summed E-state index contributed by atoms with van der Waals surface area (Å²) in [5, 5.41) is 11.0. The molecule has 0 saturated carbocycles. The normalized spacial score (nSPS) is 13.9. The molecule has 2 aromatic heterocycles. The number of H-pyrrole nitrogens is 1. The van der Waals surface area contributed by atoms with Gasteiger partial charge >= 0.3 is 5.82 Å². The Morgan fingerprint density at radius 2 is 2.28 bits per heavy atom. The SMILES string of the molecule is O=[N+]([O-])c1ncccc1C1=CCCc2cc[nH]c21. The number of nitro groups is 1. The van der Waals surface area contributed by atoms with E-state index in [9.17, 15) is 10.1 Å². The van der Waals surface area contributed by atoms with Crippen LogP contribution in [-0.4, -0.2) is 14.9 Å². The molecule has 0 saturated heterocycles. The van der Waals surface area contributed by atoms with Crippen LogP contribution >= 0.6 is 0 Å². The van der Waals surface area contributed by atoms with Gasteiger partial charge < -0.3 is 15.1 Å². The zero-order valence-corrected chi connectivity index (χ0v) is 9.59. The van der Waals surface area contributed by atoms with Crippen LogP contribution in [0.5, 0.6) is 0 Å². The van der Waals surface area contributed by atoms with Crippen molar-refractivity contribution in [3.05, 3.63) is 63.6 Å². The van der Waals surface area contributed by atoms with Gasteiger partial charge in [0.05, 0.1) is 5.56 Å². The molecule has 0 radical (unpaired) electrons. The van der Waals surface area contributed by atoms with Crippen LogP contribution in [0.15, 0.2) is 36.7 Å². The second-order valence-electron chi connectivity index (χ2n) is 4.17. The molecule has 0 unspecified atom stereocenters. The van der Waals surface area contributed by atoms with E-state index in [1.807, 2.05) is 18.3 Å². The van der Waals surface area contributed by atoms with E-state index in [-0.39, 0.29) is 5.82 Å². The number of hydrogen-bond donors (Lipinski definition) is 1. The molecule has 1 aliphatic carbocycles. The summed E-state index contributed by atoms with van der Waals surface area (Å²) in [5.74, 6) is -0.0915. The number of hydrogen-bond acceptors (Lipinski definition) is 3. The first kappa shape index (κ1) is 10.7. The highest BCUT2D eigenvalue weighted by Crippen LogP contribution is 2.33. The molecule has 0 fully saturated rings. The molecule has 5 heteroatoms. The molecule has 0 spiro atoms. The average molecular weight is 241 g/mol. The Morgan fingerprint density at radius 3 is 3.11 bits per heavy atom. The van der Waals surface area contributed by atoms with E-state index in [0.29, 0.717) is 5.56 Å². The molecule has 3 rings (SSSR count). The number of nitrogens with one attached hydrogen (secondary N) is 1. The van der Waals surface area contributed by atoms with E-state index in [2.05, 4.69) is 9.97 Å². The van der Waals surface area contributed by atoms with Gasteiger partial charge in [-0.25, -0.2) is 0 Å². The molecule has 1 aliphatic rings. The lowest BCUT2D eigenvalue weighted by Gasteiger charge is -2.13. The summed E-state index contributed by atoms with van der Waals surface area (Å²) in [6.45, 7) is 0. The zero-order chi connectivity index (χ0) is 12.5. The van der Waals surface area contributed by atoms with E-state index >= 15 is 0 Å². The minimum Gasteiger partial charge on any atom is -0.361 e. The zero-order valence-electron chi connectivity index (χ0n) is 9.59. The van der Waals surface area contributed by atoms with Crippen molar-refractivity contribution in [2.75, 3.05) is 0 Å². The molecule has 90 valence electrons. The van der Waals surface area contributed by atoms with Gasteiger partial charge in [-0.2, -0.15) is 0 Å². The molecular weight excluding hydrogens is 230 g/mol. The Morgan fingerprint density at radius 1 is 1.39 bits per heavy atom. The number of pyridine rings is 1. The van der Waals surface area contributed by atoms with Gasteiger partial charge in [-0.15, -0.1) is 0 Å². The first-order chi connectivity index (χ1) is 8.77. The van der Waals surface area contributed by atoms with Crippen molar-refractivity contribution < 1.29 is 4.92 Å². The van der Waals surface area contributed by atoms with Crippen LogP contribution in [0.25, 0.3) is 5.57 Å². The Bertz CT molecular complexity index is 643. The molecule has 2 heterocycles. The van der Waals surface area contributed by atoms with Crippen LogP contribution in [0.2, 0.25) is 0 Å². The fourth-order valence-corrected chi connectivity index (χ4v) is 2.33. The lowest BCUT2D eigenvalue weighted by atomic mass is 9.92. The van der Waals surface area contributed by atoms with E-state index < -0.39 is 4.92 Å². The fraction of sp³-hybridized carbons (Fsp3) is 0.154. The molecule has 0 aliphatic heterocycles. The van der Waals surface area contributed by atoms with Crippen molar-refractivity contribution in [2.45, 2.75) is 12.8 Å². The summed E-state index contributed by atoms with van der Waals surface area (Å²) in [7, 11) is 0. The first-order valence-corrected chi connectivity index (χ1v) is 5.74. The predicted molar refractivity (Wildman–Crippen MR) is 67.1 cm³/mol. The average Bonchev–Trinajstić information content (AvgIpc) is 2.86. The van der Waals surface area contributed by atoms with Gasteiger partial charge in [0.1, 0.15) is 6.20 Å². The Balaban J connectivity index is 2.17. The van der Waals surface area contributed by atoms with Crippen LogP contribution in [0.4, 0.5) is 5.82 Å². The third-order valence-electron chi connectivity index (χ3n) is 3.11. The molecule has 0 bridgehead atoms. The van der Waals surface area contributed by atoms with Crippen molar-refractivity contribution in [3.63, 3.8) is 0 Å². The molecule has 0 atom stereocenters. The van der Waals surface area contributed by atoms with Crippen LogP contribution < -0.4 is 0 Å². The topological polar surface area (TPSA) is 71.8 Å². The molecule has 0 aromatic carbocycles. The predicted octanol–water partition coefficient (Wildman–Crippen LogP) is 2.70. The molecule has 5 nitrogen and oxygen atoms in total. The molecule has 2 aromatic rings. The summed E-state index contributed by atoms with van der Waals surface area (Å²) >= 11 is 0.